The molecule has 0 aliphatic heterocycles. The van der Waals surface area contributed by atoms with Gasteiger partial charge in [-0.1, -0.05) is 30.3 Å². The lowest BCUT2D eigenvalue weighted by Crippen LogP contribution is -1.96. The first-order valence-corrected chi connectivity index (χ1v) is 6.98. The van der Waals surface area contributed by atoms with Gasteiger partial charge in [0.05, 0.1) is 12.8 Å². The van der Waals surface area contributed by atoms with Crippen LogP contribution in [0.2, 0.25) is 0 Å². The zero-order valence-electron chi connectivity index (χ0n) is 12.5. The third kappa shape index (κ3) is 3.06. The van der Waals surface area contributed by atoms with Gasteiger partial charge < -0.3 is 9.47 Å². The number of para-hydroxylation sites is 1. The van der Waals surface area contributed by atoms with Crippen molar-refractivity contribution >= 4 is 0 Å². The number of hydrogen-bond acceptors (Lipinski definition) is 4. The Bertz CT molecular complexity index is 773. The number of aromatic nitrogens is 2. The van der Waals surface area contributed by atoms with Crippen LogP contribution in [0.1, 0.15) is 5.56 Å². The minimum absolute atomic E-state index is 0.542. The van der Waals surface area contributed by atoms with Crippen LogP contribution in [-0.2, 0) is 0 Å². The Labute approximate surface area is 129 Å². The molecule has 0 aliphatic rings. The fraction of sp³-hybridized carbons (Fsp3) is 0.111. The van der Waals surface area contributed by atoms with Gasteiger partial charge in [0.25, 0.3) is 0 Å². The summed E-state index contributed by atoms with van der Waals surface area (Å²) in [5.74, 6) is 2.11. The van der Waals surface area contributed by atoms with Crippen LogP contribution in [0.25, 0.3) is 11.3 Å². The molecule has 0 bridgehead atoms. The molecular weight excluding hydrogens is 276 g/mol. The highest BCUT2D eigenvalue weighted by Gasteiger charge is 2.07. The molecule has 0 saturated heterocycles. The molecule has 4 heteroatoms. The van der Waals surface area contributed by atoms with E-state index >= 15 is 0 Å². The summed E-state index contributed by atoms with van der Waals surface area (Å²) in [7, 11) is 1.59. The normalized spacial score (nSPS) is 10.3. The van der Waals surface area contributed by atoms with Crippen LogP contribution >= 0.6 is 0 Å². The molecule has 1 aromatic heterocycles. The first-order valence-electron chi connectivity index (χ1n) is 6.98. The van der Waals surface area contributed by atoms with E-state index in [0.717, 1.165) is 28.3 Å². The molecule has 0 N–H and O–H groups in total. The number of rotatable bonds is 4. The molecule has 0 atom stereocenters. The van der Waals surface area contributed by atoms with Crippen molar-refractivity contribution in [2.45, 2.75) is 6.92 Å². The molecule has 0 fully saturated rings. The fourth-order valence-corrected chi connectivity index (χ4v) is 2.16. The highest BCUT2D eigenvalue weighted by Crippen LogP contribution is 2.27. The van der Waals surface area contributed by atoms with Crippen LogP contribution in [-0.4, -0.2) is 17.3 Å². The average Bonchev–Trinajstić information content (AvgIpc) is 2.56. The minimum atomic E-state index is 0.542. The minimum Gasteiger partial charge on any atom is -0.480 e. The molecule has 3 rings (SSSR count). The standard InChI is InChI=1S/C18H16N2O2/c1-13-11-17(19-20-18(13)21-2)14-7-6-10-16(12-14)22-15-8-4-3-5-9-15/h3-12H,1-2H3. The summed E-state index contributed by atoms with van der Waals surface area (Å²) in [5.41, 5.74) is 2.69. The molecule has 0 aliphatic carbocycles. The van der Waals surface area contributed by atoms with E-state index < -0.39 is 0 Å². The number of nitrogens with zero attached hydrogens (tertiary/aromatic N) is 2. The van der Waals surface area contributed by atoms with Crippen molar-refractivity contribution in [2.24, 2.45) is 0 Å². The SMILES string of the molecule is COc1nnc(-c2cccc(Oc3ccccc3)c2)cc1C. The zero-order valence-corrected chi connectivity index (χ0v) is 12.5. The molecule has 22 heavy (non-hydrogen) atoms. The van der Waals surface area contributed by atoms with Crippen molar-refractivity contribution in [2.75, 3.05) is 7.11 Å². The molecule has 0 unspecified atom stereocenters. The fourth-order valence-electron chi connectivity index (χ4n) is 2.16. The Morgan fingerprint density at radius 3 is 2.32 bits per heavy atom. The van der Waals surface area contributed by atoms with Gasteiger partial charge in [0, 0.05) is 11.1 Å². The summed E-state index contributed by atoms with van der Waals surface area (Å²) < 4.78 is 11.0. The van der Waals surface area contributed by atoms with Gasteiger partial charge in [-0.25, -0.2) is 0 Å². The lowest BCUT2D eigenvalue weighted by molar-refractivity contribution is 0.389. The number of ether oxygens (including phenoxy) is 2. The summed E-state index contributed by atoms with van der Waals surface area (Å²) in [5, 5.41) is 8.27. The van der Waals surface area contributed by atoms with Gasteiger partial charge in [-0.05, 0) is 37.3 Å². The van der Waals surface area contributed by atoms with Gasteiger partial charge in [0.1, 0.15) is 11.5 Å². The maximum absolute atomic E-state index is 5.84. The first kappa shape index (κ1) is 14.1. The van der Waals surface area contributed by atoms with Gasteiger partial charge in [0.2, 0.25) is 5.88 Å². The predicted octanol–water partition coefficient (Wildman–Crippen LogP) is 4.25. The molecule has 3 aromatic rings. The van der Waals surface area contributed by atoms with Gasteiger partial charge in [-0.2, -0.15) is 0 Å². The van der Waals surface area contributed by atoms with Crippen LogP contribution in [0, 0.1) is 6.92 Å². The Morgan fingerprint density at radius 2 is 1.59 bits per heavy atom. The number of benzene rings is 2. The van der Waals surface area contributed by atoms with Crippen molar-refractivity contribution in [1.82, 2.24) is 10.2 Å². The second-order valence-corrected chi connectivity index (χ2v) is 4.86. The number of methoxy groups -OCH3 is 1. The summed E-state index contributed by atoms with van der Waals surface area (Å²) in [6, 6.07) is 19.4. The Kier molecular flexibility index (Phi) is 4.01. The quantitative estimate of drug-likeness (QED) is 0.721. The van der Waals surface area contributed by atoms with E-state index in [-0.39, 0.29) is 0 Å². The Morgan fingerprint density at radius 1 is 0.818 bits per heavy atom. The van der Waals surface area contributed by atoms with Gasteiger partial charge >= 0.3 is 0 Å². The van der Waals surface area contributed by atoms with E-state index in [9.17, 15) is 0 Å². The van der Waals surface area contributed by atoms with E-state index in [0.29, 0.717) is 5.88 Å². The van der Waals surface area contributed by atoms with E-state index in [1.165, 1.54) is 0 Å². The lowest BCUT2D eigenvalue weighted by Gasteiger charge is -2.08. The topological polar surface area (TPSA) is 44.2 Å². The van der Waals surface area contributed by atoms with Crippen molar-refractivity contribution in [3.63, 3.8) is 0 Å². The summed E-state index contributed by atoms with van der Waals surface area (Å²) >= 11 is 0. The first-order chi connectivity index (χ1) is 10.8. The predicted molar refractivity (Wildman–Crippen MR) is 85.3 cm³/mol. The molecule has 0 radical (unpaired) electrons. The van der Waals surface area contributed by atoms with Crippen molar-refractivity contribution < 1.29 is 9.47 Å². The largest absolute Gasteiger partial charge is 0.480 e. The van der Waals surface area contributed by atoms with E-state index in [2.05, 4.69) is 10.2 Å². The van der Waals surface area contributed by atoms with E-state index in [1.54, 1.807) is 7.11 Å². The molecular formula is C18H16N2O2. The second kappa shape index (κ2) is 6.26. The zero-order chi connectivity index (χ0) is 15.4. The number of hydrogen-bond donors (Lipinski definition) is 0. The maximum atomic E-state index is 5.84. The van der Waals surface area contributed by atoms with Crippen LogP contribution in [0.3, 0.4) is 0 Å². The van der Waals surface area contributed by atoms with Crippen LogP contribution in [0.15, 0.2) is 60.7 Å². The summed E-state index contributed by atoms with van der Waals surface area (Å²) in [4.78, 5) is 0. The molecule has 0 saturated carbocycles. The Balaban J connectivity index is 1.89. The molecule has 0 amide bonds. The summed E-state index contributed by atoms with van der Waals surface area (Å²) in [6.45, 7) is 1.95. The molecule has 0 spiro atoms. The van der Waals surface area contributed by atoms with Crippen molar-refractivity contribution in [3.8, 4) is 28.6 Å². The van der Waals surface area contributed by atoms with Gasteiger partial charge in [-0.15, -0.1) is 10.2 Å². The van der Waals surface area contributed by atoms with Crippen molar-refractivity contribution in [1.29, 1.82) is 0 Å². The smallest absolute Gasteiger partial charge is 0.236 e. The van der Waals surface area contributed by atoms with Crippen LogP contribution in [0.4, 0.5) is 0 Å². The highest BCUT2D eigenvalue weighted by atomic mass is 16.5. The van der Waals surface area contributed by atoms with Gasteiger partial charge in [0.15, 0.2) is 0 Å². The maximum Gasteiger partial charge on any atom is 0.236 e. The number of aryl methyl sites for hydroxylation is 1. The highest BCUT2D eigenvalue weighted by molar-refractivity contribution is 5.62. The molecule has 110 valence electrons. The lowest BCUT2D eigenvalue weighted by atomic mass is 10.1. The molecule has 1 heterocycles. The van der Waals surface area contributed by atoms with Gasteiger partial charge in [-0.3, -0.25) is 0 Å². The monoisotopic (exact) mass is 292 g/mol. The molecule has 4 nitrogen and oxygen atoms in total. The molecule has 2 aromatic carbocycles. The van der Waals surface area contributed by atoms with Crippen LogP contribution < -0.4 is 9.47 Å². The third-order valence-electron chi connectivity index (χ3n) is 3.24. The van der Waals surface area contributed by atoms with Crippen LogP contribution in [0.5, 0.6) is 17.4 Å². The second-order valence-electron chi connectivity index (χ2n) is 4.86. The van der Waals surface area contributed by atoms with Crippen molar-refractivity contribution in [3.05, 3.63) is 66.2 Å². The van der Waals surface area contributed by atoms with E-state index in [4.69, 9.17) is 9.47 Å². The third-order valence-corrected chi connectivity index (χ3v) is 3.24. The average molecular weight is 292 g/mol. The van der Waals surface area contributed by atoms with E-state index in [1.807, 2.05) is 67.6 Å². The summed E-state index contributed by atoms with van der Waals surface area (Å²) in [6.07, 6.45) is 0. The Hall–Kier alpha value is -2.88.